The van der Waals surface area contributed by atoms with Crippen LogP contribution >= 0.6 is 23.2 Å². The van der Waals surface area contributed by atoms with Gasteiger partial charge in [0.2, 0.25) is 0 Å². The Morgan fingerprint density at radius 3 is 2.60 bits per heavy atom. The molecule has 3 aromatic rings. The predicted octanol–water partition coefficient (Wildman–Crippen LogP) is 3.99. The van der Waals surface area contributed by atoms with E-state index in [4.69, 9.17) is 27.9 Å². The largest absolute Gasteiger partial charge is 0.454 e. The molecule has 7 heteroatoms. The highest BCUT2D eigenvalue weighted by Gasteiger charge is 2.06. The summed E-state index contributed by atoms with van der Waals surface area (Å²) in [7, 11) is 0. The topological polar surface area (TPSA) is 72.0 Å². The molecule has 25 heavy (non-hydrogen) atoms. The summed E-state index contributed by atoms with van der Waals surface area (Å²) < 4.78 is 5.09. The van der Waals surface area contributed by atoms with Gasteiger partial charge in [-0.2, -0.15) is 0 Å². The number of esters is 1. The zero-order valence-electron chi connectivity index (χ0n) is 12.8. The van der Waals surface area contributed by atoms with Crippen molar-refractivity contribution in [1.29, 1.82) is 0 Å². The van der Waals surface area contributed by atoms with Crippen molar-refractivity contribution in [2.24, 2.45) is 0 Å². The summed E-state index contributed by atoms with van der Waals surface area (Å²) in [6.45, 7) is -0.151. The fourth-order valence-corrected chi connectivity index (χ4v) is 2.45. The number of aromatic nitrogens is 2. The fourth-order valence-electron chi connectivity index (χ4n) is 2.16. The highest BCUT2D eigenvalue weighted by Crippen LogP contribution is 2.15. The van der Waals surface area contributed by atoms with Crippen LogP contribution in [0.4, 0.5) is 0 Å². The summed E-state index contributed by atoms with van der Waals surface area (Å²) >= 11 is 11.7. The number of fused-ring (bicyclic) bond motifs is 1. The van der Waals surface area contributed by atoms with Crippen molar-refractivity contribution in [2.75, 3.05) is 0 Å². The van der Waals surface area contributed by atoms with Crippen LogP contribution in [0.5, 0.6) is 0 Å². The van der Waals surface area contributed by atoms with Gasteiger partial charge in [-0.25, -0.2) is 9.78 Å². The van der Waals surface area contributed by atoms with Crippen LogP contribution in [0.15, 0.2) is 53.3 Å². The van der Waals surface area contributed by atoms with E-state index in [2.05, 4.69) is 9.97 Å². The molecule has 3 rings (SSSR count). The molecule has 0 fully saturated rings. The SMILES string of the molecule is O=C(/C=C/c1ccc(Cl)cc1)OCc1nc2cc(Cl)ccc2c(=O)[nH]1. The molecular formula is C18H12Cl2N2O3. The monoisotopic (exact) mass is 374 g/mol. The van der Waals surface area contributed by atoms with E-state index in [9.17, 15) is 9.59 Å². The zero-order chi connectivity index (χ0) is 17.8. The van der Waals surface area contributed by atoms with E-state index in [1.165, 1.54) is 6.08 Å². The lowest BCUT2D eigenvalue weighted by atomic mass is 10.2. The number of aromatic amines is 1. The van der Waals surface area contributed by atoms with Crippen molar-refractivity contribution in [3.8, 4) is 0 Å². The highest BCUT2D eigenvalue weighted by molar-refractivity contribution is 6.31. The fraction of sp³-hybridized carbons (Fsp3) is 0.0556. The molecule has 0 saturated heterocycles. The molecule has 1 heterocycles. The molecule has 0 aliphatic rings. The van der Waals surface area contributed by atoms with Gasteiger partial charge in [0.1, 0.15) is 12.4 Å². The van der Waals surface area contributed by atoms with Gasteiger partial charge in [-0.1, -0.05) is 35.3 Å². The molecule has 126 valence electrons. The van der Waals surface area contributed by atoms with Gasteiger partial charge in [0, 0.05) is 16.1 Å². The van der Waals surface area contributed by atoms with Gasteiger partial charge in [0.25, 0.3) is 5.56 Å². The normalized spacial score (nSPS) is 11.1. The molecule has 1 N–H and O–H groups in total. The van der Waals surface area contributed by atoms with E-state index < -0.39 is 5.97 Å². The van der Waals surface area contributed by atoms with Gasteiger partial charge in [-0.15, -0.1) is 0 Å². The maximum atomic E-state index is 12.0. The molecule has 0 amide bonds. The van der Waals surface area contributed by atoms with Gasteiger partial charge in [-0.3, -0.25) is 4.79 Å². The van der Waals surface area contributed by atoms with E-state index >= 15 is 0 Å². The number of benzene rings is 2. The number of carbonyl (C=O) groups excluding carboxylic acids is 1. The predicted molar refractivity (Wildman–Crippen MR) is 97.7 cm³/mol. The van der Waals surface area contributed by atoms with Crippen molar-refractivity contribution in [1.82, 2.24) is 9.97 Å². The van der Waals surface area contributed by atoms with E-state index in [1.54, 1.807) is 48.5 Å². The molecule has 0 aliphatic heterocycles. The van der Waals surface area contributed by atoms with E-state index in [1.807, 2.05) is 0 Å². The first-order valence-corrected chi connectivity index (χ1v) is 8.06. The smallest absolute Gasteiger partial charge is 0.331 e. The number of hydrogen-bond donors (Lipinski definition) is 1. The van der Waals surface area contributed by atoms with Crippen LogP contribution in [0.2, 0.25) is 10.0 Å². The van der Waals surface area contributed by atoms with E-state index in [-0.39, 0.29) is 18.0 Å². The van der Waals surface area contributed by atoms with Crippen molar-refractivity contribution in [3.05, 3.63) is 80.3 Å². The third kappa shape index (κ3) is 4.47. The Kier molecular flexibility index (Phi) is 5.16. The molecule has 0 saturated carbocycles. The van der Waals surface area contributed by atoms with E-state index in [0.717, 1.165) is 5.56 Å². The number of nitrogens with zero attached hydrogens (tertiary/aromatic N) is 1. The van der Waals surface area contributed by atoms with Crippen molar-refractivity contribution >= 4 is 46.2 Å². The summed E-state index contributed by atoms with van der Waals surface area (Å²) in [5, 5.41) is 1.51. The number of nitrogens with one attached hydrogen (secondary N) is 1. The molecular weight excluding hydrogens is 363 g/mol. The standard InChI is InChI=1S/C18H12Cl2N2O3/c19-12-4-1-11(2-5-12)3-8-17(23)25-10-16-21-15-9-13(20)6-7-14(15)18(24)22-16/h1-9H,10H2,(H,21,22,24)/b8-3+. The second kappa shape index (κ2) is 7.51. The third-order valence-corrected chi connectivity index (χ3v) is 3.84. The van der Waals surface area contributed by atoms with Crippen LogP contribution in [0, 0.1) is 0 Å². The average molecular weight is 375 g/mol. The molecule has 5 nitrogen and oxygen atoms in total. The molecule has 0 atom stereocenters. The zero-order valence-corrected chi connectivity index (χ0v) is 14.3. The summed E-state index contributed by atoms with van der Waals surface area (Å²) in [6, 6.07) is 11.8. The molecule has 0 radical (unpaired) electrons. The Morgan fingerprint density at radius 2 is 1.84 bits per heavy atom. The molecule has 2 aromatic carbocycles. The van der Waals surface area contributed by atoms with Crippen LogP contribution < -0.4 is 5.56 Å². The molecule has 0 aliphatic carbocycles. The van der Waals surface area contributed by atoms with Crippen LogP contribution in [0.25, 0.3) is 17.0 Å². The number of H-pyrrole nitrogens is 1. The highest BCUT2D eigenvalue weighted by atomic mass is 35.5. The van der Waals surface area contributed by atoms with Gasteiger partial charge in [0.05, 0.1) is 10.9 Å². The van der Waals surface area contributed by atoms with Crippen molar-refractivity contribution in [2.45, 2.75) is 6.61 Å². The minimum absolute atomic E-state index is 0.151. The lowest BCUT2D eigenvalue weighted by molar-refractivity contribution is -0.139. The Balaban J connectivity index is 1.68. The van der Waals surface area contributed by atoms with Gasteiger partial charge in [-0.05, 0) is 42.0 Å². The average Bonchev–Trinajstić information content (AvgIpc) is 2.59. The second-order valence-electron chi connectivity index (χ2n) is 5.17. The Morgan fingerprint density at radius 1 is 1.12 bits per heavy atom. The van der Waals surface area contributed by atoms with Gasteiger partial charge in [0.15, 0.2) is 0 Å². The van der Waals surface area contributed by atoms with Crippen LogP contribution in [0.1, 0.15) is 11.4 Å². The first-order chi connectivity index (χ1) is 12.0. The maximum Gasteiger partial charge on any atom is 0.331 e. The molecule has 0 spiro atoms. The van der Waals surface area contributed by atoms with Crippen molar-refractivity contribution < 1.29 is 9.53 Å². The summed E-state index contributed by atoms with van der Waals surface area (Å²) in [5.74, 6) is -0.309. The lowest BCUT2D eigenvalue weighted by Crippen LogP contribution is -2.13. The van der Waals surface area contributed by atoms with Crippen LogP contribution in [-0.2, 0) is 16.1 Å². The first-order valence-electron chi connectivity index (χ1n) is 7.30. The number of ether oxygens (including phenoxy) is 1. The number of carbonyl (C=O) groups is 1. The molecule has 1 aromatic heterocycles. The third-order valence-electron chi connectivity index (χ3n) is 3.35. The maximum absolute atomic E-state index is 12.0. The van der Waals surface area contributed by atoms with Crippen molar-refractivity contribution in [3.63, 3.8) is 0 Å². The van der Waals surface area contributed by atoms with Crippen LogP contribution in [-0.4, -0.2) is 15.9 Å². The Bertz CT molecular complexity index is 1010. The molecule has 0 bridgehead atoms. The minimum Gasteiger partial charge on any atom is -0.454 e. The quantitative estimate of drug-likeness (QED) is 0.553. The first kappa shape index (κ1) is 17.2. The van der Waals surface area contributed by atoms with Gasteiger partial charge >= 0.3 is 5.97 Å². The molecule has 0 unspecified atom stereocenters. The second-order valence-corrected chi connectivity index (χ2v) is 6.04. The number of rotatable bonds is 4. The van der Waals surface area contributed by atoms with E-state index in [0.29, 0.717) is 20.9 Å². The Hall–Kier alpha value is -2.63. The number of hydrogen-bond acceptors (Lipinski definition) is 4. The minimum atomic E-state index is -0.552. The lowest BCUT2D eigenvalue weighted by Gasteiger charge is -2.04. The number of halogens is 2. The summed E-state index contributed by atoms with van der Waals surface area (Å²) in [5.41, 5.74) is 0.941. The van der Waals surface area contributed by atoms with Crippen LogP contribution in [0.3, 0.4) is 0 Å². The summed E-state index contributed by atoms with van der Waals surface area (Å²) in [6.07, 6.45) is 2.90. The summed E-state index contributed by atoms with van der Waals surface area (Å²) in [4.78, 5) is 30.6. The Labute approximate surface area is 152 Å². The van der Waals surface area contributed by atoms with Gasteiger partial charge < -0.3 is 9.72 Å².